The Hall–Kier alpha value is -2.44. The number of carbonyl (C=O) groups excluding carboxylic acids is 4. The summed E-state index contributed by atoms with van der Waals surface area (Å²) in [5.41, 5.74) is -2.94. The number of hydrogen-bond acceptors (Lipinski definition) is 6. The minimum absolute atomic E-state index is 0.00527. The van der Waals surface area contributed by atoms with Crippen molar-refractivity contribution in [3.05, 3.63) is 24.0 Å². The van der Waals surface area contributed by atoms with Crippen LogP contribution in [0.3, 0.4) is 0 Å². The van der Waals surface area contributed by atoms with Crippen LogP contribution in [0.5, 0.6) is 0 Å². The Morgan fingerprint density at radius 1 is 1.12 bits per heavy atom. The third-order valence-corrected chi connectivity index (χ3v) is 4.27. The Balaban J connectivity index is 2.77. The minimum atomic E-state index is -2.11. The van der Waals surface area contributed by atoms with Gasteiger partial charge >= 0.3 is 11.9 Å². The summed E-state index contributed by atoms with van der Waals surface area (Å²) in [4.78, 5) is 51.7. The molecule has 1 aromatic rings. The maximum atomic E-state index is 13.0. The molecule has 136 valence electrons. The van der Waals surface area contributed by atoms with Crippen LogP contribution in [-0.2, 0) is 29.3 Å². The van der Waals surface area contributed by atoms with E-state index in [-0.39, 0.29) is 18.9 Å². The summed E-state index contributed by atoms with van der Waals surface area (Å²) >= 11 is 0. The molecule has 0 aromatic carbocycles. The molecule has 0 radical (unpaired) electrons. The van der Waals surface area contributed by atoms with E-state index in [4.69, 9.17) is 9.47 Å². The van der Waals surface area contributed by atoms with Crippen molar-refractivity contribution in [2.24, 2.45) is 11.3 Å². The third-order valence-electron chi connectivity index (χ3n) is 4.27. The molecule has 0 fully saturated rings. The van der Waals surface area contributed by atoms with Crippen molar-refractivity contribution >= 4 is 23.6 Å². The molecule has 0 bridgehead atoms. The predicted octanol–water partition coefficient (Wildman–Crippen LogP) is 1.74. The molecule has 1 aliphatic rings. The van der Waals surface area contributed by atoms with E-state index in [1.165, 1.54) is 22.9 Å². The molecular weight excluding hydrogens is 326 g/mol. The van der Waals surface area contributed by atoms with Gasteiger partial charge < -0.3 is 9.47 Å². The van der Waals surface area contributed by atoms with Gasteiger partial charge in [0.2, 0.25) is 11.3 Å². The van der Waals surface area contributed by atoms with Crippen molar-refractivity contribution in [2.45, 2.75) is 40.0 Å². The average Bonchev–Trinajstić information content (AvgIpc) is 3.07. The van der Waals surface area contributed by atoms with Crippen molar-refractivity contribution in [1.82, 2.24) is 4.57 Å². The summed E-state index contributed by atoms with van der Waals surface area (Å²) < 4.78 is 11.4. The molecule has 0 amide bonds. The number of ketones is 1. The SMILES string of the molecule is CCOC(=O)C1(C(=O)OCC)c2cccn2C(=O)C1C(=O)C(C)(C)C. The molecule has 25 heavy (non-hydrogen) atoms. The maximum absolute atomic E-state index is 13.0. The molecule has 1 unspecified atom stereocenters. The summed E-state index contributed by atoms with van der Waals surface area (Å²) in [5, 5.41) is 0. The van der Waals surface area contributed by atoms with Crippen molar-refractivity contribution in [3.8, 4) is 0 Å². The van der Waals surface area contributed by atoms with Crippen LogP contribution in [0.4, 0.5) is 0 Å². The second-order valence-electron chi connectivity index (χ2n) is 6.90. The van der Waals surface area contributed by atoms with Crippen molar-refractivity contribution in [1.29, 1.82) is 0 Å². The van der Waals surface area contributed by atoms with E-state index in [0.717, 1.165) is 0 Å². The molecule has 7 heteroatoms. The lowest BCUT2D eigenvalue weighted by Crippen LogP contribution is -2.55. The smallest absolute Gasteiger partial charge is 0.330 e. The van der Waals surface area contributed by atoms with Crippen LogP contribution in [0.1, 0.15) is 45.1 Å². The minimum Gasteiger partial charge on any atom is -0.465 e. The van der Waals surface area contributed by atoms with Gasteiger partial charge in [0.25, 0.3) is 0 Å². The van der Waals surface area contributed by atoms with Gasteiger partial charge in [-0.25, -0.2) is 0 Å². The molecule has 0 N–H and O–H groups in total. The zero-order chi connectivity index (χ0) is 19.0. The van der Waals surface area contributed by atoms with Gasteiger partial charge in [-0.15, -0.1) is 0 Å². The Kier molecular flexibility index (Phi) is 4.88. The van der Waals surface area contributed by atoms with Gasteiger partial charge in [0.15, 0.2) is 5.78 Å². The van der Waals surface area contributed by atoms with Crippen LogP contribution in [0.25, 0.3) is 0 Å². The maximum Gasteiger partial charge on any atom is 0.330 e. The van der Waals surface area contributed by atoms with Crippen LogP contribution >= 0.6 is 0 Å². The van der Waals surface area contributed by atoms with E-state index in [0.29, 0.717) is 0 Å². The number of rotatable bonds is 5. The van der Waals surface area contributed by atoms with Crippen molar-refractivity contribution in [2.75, 3.05) is 13.2 Å². The van der Waals surface area contributed by atoms with Gasteiger partial charge in [-0.05, 0) is 26.0 Å². The molecule has 1 aliphatic heterocycles. The van der Waals surface area contributed by atoms with Gasteiger partial charge in [0, 0.05) is 11.6 Å². The van der Waals surface area contributed by atoms with Crippen LogP contribution in [0.15, 0.2) is 18.3 Å². The monoisotopic (exact) mass is 349 g/mol. The number of nitrogens with zero attached hydrogens (tertiary/aromatic N) is 1. The second kappa shape index (κ2) is 6.46. The Bertz CT molecular complexity index is 706. The lowest BCUT2D eigenvalue weighted by Gasteiger charge is -2.31. The highest BCUT2D eigenvalue weighted by molar-refractivity contribution is 6.22. The van der Waals surface area contributed by atoms with Crippen LogP contribution in [0.2, 0.25) is 0 Å². The predicted molar refractivity (Wildman–Crippen MR) is 88.0 cm³/mol. The summed E-state index contributed by atoms with van der Waals surface area (Å²) in [6.07, 6.45) is 1.43. The van der Waals surface area contributed by atoms with Gasteiger partial charge in [0.05, 0.1) is 18.9 Å². The summed E-state index contributed by atoms with van der Waals surface area (Å²) in [6.45, 7) is 8.10. The highest BCUT2D eigenvalue weighted by atomic mass is 16.6. The van der Waals surface area contributed by atoms with Gasteiger partial charge in [0.1, 0.15) is 5.92 Å². The quantitative estimate of drug-likeness (QED) is 0.594. The summed E-state index contributed by atoms with van der Waals surface area (Å²) in [6, 6.07) is 3.01. The first kappa shape index (κ1) is 18.9. The van der Waals surface area contributed by atoms with E-state index in [2.05, 4.69) is 0 Å². The topological polar surface area (TPSA) is 91.7 Å². The molecule has 7 nitrogen and oxygen atoms in total. The fraction of sp³-hybridized carbons (Fsp3) is 0.556. The van der Waals surface area contributed by atoms with E-state index < -0.39 is 40.4 Å². The fourth-order valence-electron chi connectivity index (χ4n) is 3.13. The highest BCUT2D eigenvalue weighted by Crippen LogP contribution is 2.45. The van der Waals surface area contributed by atoms with E-state index in [1.807, 2.05) is 0 Å². The largest absolute Gasteiger partial charge is 0.465 e. The van der Waals surface area contributed by atoms with Gasteiger partial charge in [-0.2, -0.15) is 0 Å². The molecule has 0 aliphatic carbocycles. The third kappa shape index (κ3) is 2.67. The lowest BCUT2D eigenvalue weighted by atomic mass is 9.67. The molecular formula is C18H23NO6. The van der Waals surface area contributed by atoms with Crippen molar-refractivity contribution in [3.63, 3.8) is 0 Å². The number of esters is 2. The average molecular weight is 349 g/mol. The van der Waals surface area contributed by atoms with Crippen molar-refractivity contribution < 1.29 is 28.7 Å². The van der Waals surface area contributed by atoms with Crippen LogP contribution < -0.4 is 0 Å². The molecule has 2 rings (SSSR count). The molecule has 0 saturated heterocycles. The summed E-state index contributed by atoms with van der Waals surface area (Å²) in [7, 11) is 0. The van der Waals surface area contributed by atoms with Crippen LogP contribution in [-0.4, -0.2) is 41.4 Å². The summed E-state index contributed by atoms with van der Waals surface area (Å²) in [5.74, 6) is -4.53. The normalized spacial score (nSPS) is 18.6. The zero-order valence-corrected chi connectivity index (χ0v) is 15.1. The first-order valence-electron chi connectivity index (χ1n) is 8.24. The van der Waals surface area contributed by atoms with E-state index in [9.17, 15) is 19.2 Å². The highest BCUT2D eigenvalue weighted by Gasteiger charge is 2.68. The molecule has 0 spiro atoms. The standard InChI is InChI=1S/C18H23NO6/c1-6-24-15(22)18(16(23)25-7-2)11-9-8-10-19(11)14(21)12(18)13(20)17(3,4)5/h8-10,12H,6-7H2,1-5H3. The zero-order valence-electron chi connectivity index (χ0n) is 15.1. The Morgan fingerprint density at radius 2 is 1.64 bits per heavy atom. The van der Waals surface area contributed by atoms with Gasteiger partial charge in [-0.1, -0.05) is 20.8 Å². The Morgan fingerprint density at radius 3 is 2.08 bits per heavy atom. The Labute approximate surface area is 146 Å². The fourth-order valence-corrected chi connectivity index (χ4v) is 3.13. The molecule has 1 atom stereocenters. The lowest BCUT2D eigenvalue weighted by molar-refractivity contribution is -0.169. The molecule has 0 saturated carbocycles. The molecule has 2 heterocycles. The first-order chi connectivity index (χ1) is 11.6. The number of Topliss-reactive ketones (excluding diaryl/α,β-unsaturated/α-hetero) is 1. The first-order valence-corrected chi connectivity index (χ1v) is 8.24. The van der Waals surface area contributed by atoms with Gasteiger partial charge in [-0.3, -0.25) is 23.7 Å². The number of fused-ring (bicyclic) bond motifs is 1. The number of carbonyl (C=O) groups is 4. The van der Waals surface area contributed by atoms with Crippen LogP contribution in [0, 0.1) is 11.3 Å². The van der Waals surface area contributed by atoms with E-state index >= 15 is 0 Å². The second-order valence-corrected chi connectivity index (χ2v) is 6.90. The number of aromatic nitrogens is 1. The van der Waals surface area contributed by atoms with E-state index in [1.54, 1.807) is 34.6 Å². The molecule has 1 aromatic heterocycles. The number of ether oxygens (including phenoxy) is 2. The number of hydrogen-bond donors (Lipinski definition) is 0.